The van der Waals surface area contributed by atoms with Gasteiger partial charge in [0.2, 0.25) is 0 Å². The molecule has 21 heteroatoms. The largest absolute Gasteiger partial charge is 0.461 e. The molecule has 0 atom stereocenters. The summed E-state index contributed by atoms with van der Waals surface area (Å²) in [5.41, 5.74) is -3.68. The molecule has 0 aliphatic rings. The number of carbonyl (C=O) groups excluding carboxylic acids is 3. The highest BCUT2D eigenvalue weighted by Crippen LogP contribution is 2.60. The van der Waals surface area contributed by atoms with E-state index in [0.717, 1.165) is 13.8 Å². The van der Waals surface area contributed by atoms with Crippen LogP contribution in [0.4, 0.5) is 52.7 Å². The Kier molecular flexibility index (Phi) is 17.2. The number of esters is 3. The molecule has 0 heterocycles. The fourth-order valence-corrected chi connectivity index (χ4v) is 3.40. The van der Waals surface area contributed by atoms with Gasteiger partial charge in [0.25, 0.3) is 0 Å². The fraction of sp³-hybridized carbons (Fsp3) is 0.700. The van der Waals surface area contributed by atoms with Crippen LogP contribution in [0.1, 0.15) is 40.0 Å². The highest BCUT2D eigenvalue weighted by atomic mass is 19.4. The average molecular weight is 771 g/mol. The molecule has 0 radical (unpaired) electrons. The van der Waals surface area contributed by atoms with Crippen molar-refractivity contribution in [3.8, 4) is 0 Å². The van der Waals surface area contributed by atoms with Gasteiger partial charge in [-0.15, -0.1) is 0 Å². The lowest BCUT2D eigenvalue weighted by Gasteiger charge is -2.41. The van der Waals surface area contributed by atoms with Crippen molar-refractivity contribution in [2.75, 3.05) is 52.9 Å². The van der Waals surface area contributed by atoms with E-state index in [1.165, 1.54) is 0 Å². The number of unbranched alkanes of at least 4 members (excludes halogenated alkanes) is 2. The van der Waals surface area contributed by atoms with Gasteiger partial charge < -0.3 is 28.8 Å². The Labute approximate surface area is 284 Å². The molecule has 0 aliphatic heterocycles. The van der Waals surface area contributed by atoms with Gasteiger partial charge in [0.1, 0.15) is 33.0 Å². The second kappa shape index (κ2) is 18.4. The van der Waals surface area contributed by atoms with Crippen molar-refractivity contribution >= 4 is 17.9 Å². The molecule has 0 amide bonds. The highest BCUT2D eigenvalue weighted by molar-refractivity contribution is 5.88. The van der Waals surface area contributed by atoms with E-state index in [1.54, 1.807) is 6.92 Å². The molecule has 0 spiro atoms. The molecule has 0 saturated carbocycles. The Morgan fingerprint density at radius 1 is 0.549 bits per heavy atom. The zero-order chi connectivity index (χ0) is 40.3. The fourth-order valence-electron chi connectivity index (χ4n) is 3.40. The monoisotopic (exact) mass is 770 g/mol. The van der Waals surface area contributed by atoms with Crippen molar-refractivity contribution in [1.82, 2.24) is 0 Å². The Morgan fingerprint density at radius 3 is 1.27 bits per heavy atom. The molecular weight excluding hydrogens is 732 g/mol. The van der Waals surface area contributed by atoms with Gasteiger partial charge in [-0.1, -0.05) is 39.5 Å². The summed E-state index contributed by atoms with van der Waals surface area (Å²) in [5, 5.41) is 9.05. The summed E-state index contributed by atoms with van der Waals surface area (Å²) in [6, 6.07) is 0. The Balaban J connectivity index is 6.52. The van der Waals surface area contributed by atoms with Gasteiger partial charge in [-0.2, -0.15) is 52.7 Å². The number of aliphatic hydroxyl groups is 1. The van der Waals surface area contributed by atoms with Crippen LogP contribution in [-0.4, -0.2) is 111 Å². The second-order valence-corrected chi connectivity index (χ2v) is 11.5. The lowest BCUT2D eigenvalue weighted by molar-refractivity contribution is -0.429. The maximum absolute atomic E-state index is 14.6. The molecule has 0 bridgehead atoms. The summed E-state index contributed by atoms with van der Waals surface area (Å²) < 4.78 is 195. The molecule has 296 valence electrons. The first-order valence-electron chi connectivity index (χ1n) is 14.6. The van der Waals surface area contributed by atoms with Crippen molar-refractivity contribution in [2.45, 2.75) is 75.6 Å². The molecule has 0 fully saturated rings. The van der Waals surface area contributed by atoms with Crippen LogP contribution in [0.5, 0.6) is 0 Å². The smallest absolute Gasteiger partial charge is 0.384 e. The van der Waals surface area contributed by atoms with Crippen molar-refractivity contribution in [1.29, 1.82) is 0 Å². The van der Waals surface area contributed by atoms with Crippen LogP contribution in [0, 0.1) is 5.41 Å². The van der Waals surface area contributed by atoms with Crippen LogP contribution < -0.4 is 0 Å². The SMILES string of the molecule is C=C(C)C(=O)OCC(COCC(F)(F)C(F)(F)C(F)(F)C(F)(F)C(F)(F)C(F)(F)COCCCCC)(COC(=O)C(=C)C)COC(=O)C(=C)CO. The van der Waals surface area contributed by atoms with E-state index < -0.39 is 117 Å². The van der Waals surface area contributed by atoms with Crippen LogP contribution in [0.2, 0.25) is 0 Å². The summed E-state index contributed by atoms with van der Waals surface area (Å²) in [4.78, 5) is 36.1. The predicted octanol–water partition coefficient (Wildman–Crippen LogP) is 6.34. The van der Waals surface area contributed by atoms with E-state index in [9.17, 15) is 67.1 Å². The van der Waals surface area contributed by atoms with Crippen molar-refractivity contribution in [3.63, 3.8) is 0 Å². The lowest BCUT2D eigenvalue weighted by Crippen LogP contribution is -2.71. The van der Waals surface area contributed by atoms with Crippen LogP contribution in [0.15, 0.2) is 36.5 Å². The third-order valence-corrected chi connectivity index (χ3v) is 6.67. The lowest BCUT2D eigenvalue weighted by atomic mass is 9.91. The minimum Gasteiger partial charge on any atom is -0.461 e. The number of halogens is 12. The first kappa shape index (κ1) is 47.7. The minimum atomic E-state index is -7.90. The molecule has 9 nitrogen and oxygen atoms in total. The quantitative estimate of drug-likeness (QED) is 0.0374. The molecule has 0 aromatic rings. The summed E-state index contributed by atoms with van der Waals surface area (Å²) in [6.45, 7) is 0.753. The standard InChI is InChI=1S/C30H38F12O9/c1-7-8-9-10-47-16-25(31,32)27(35,36)29(39,40)30(41,42)28(37,38)26(33,34)17-48-12-24(13-49-21(44)18(2)3,14-50-22(45)19(4)5)15-51-23(46)20(6)11-43/h43H,2,4,6-17H2,1,3,5H3. The van der Waals surface area contributed by atoms with Crippen molar-refractivity contribution in [2.24, 2.45) is 5.41 Å². The third kappa shape index (κ3) is 11.6. The summed E-state index contributed by atoms with van der Waals surface area (Å²) in [7, 11) is 0. The predicted molar refractivity (Wildman–Crippen MR) is 152 cm³/mol. The first-order chi connectivity index (χ1) is 23.0. The highest BCUT2D eigenvalue weighted by Gasteiger charge is 2.90. The number of ether oxygens (including phenoxy) is 5. The molecule has 51 heavy (non-hydrogen) atoms. The van der Waals surface area contributed by atoms with Gasteiger partial charge in [-0.25, -0.2) is 14.4 Å². The Hall–Kier alpha value is -3.33. The van der Waals surface area contributed by atoms with Gasteiger partial charge in [0.05, 0.1) is 24.2 Å². The van der Waals surface area contributed by atoms with Gasteiger partial charge in [-0.3, -0.25) is 0 Å². The number of rotatable bonds is 25. The summed E-state index contributed by atoms with van der Waals surface area (Å²) >= 11 is 0. The number of alkyl halides is 12. The summed E-state index contributed by atoms with van der Waals surface area (Å²) in [5.74, 6) is -47.4. The van der Waals surface area contributed by atoms with Gasteiger partial charge >= 0.3 is 53.4 Å². The van der Waals surface area contributed by atoms with Gasteiger partial charge in [0, 0.05) is 17.8 Å². The molecule has 0 rings (SSSR count). The van der Waals surface area contributed by atoms with Crippen LogP contribution in [0.25, 0.3) is 0 Å². The topological polar surface area (TPSA) is 118 Å². The van der Waals surface area contributed by atoms with E-state index in [2.05, 4.69) is 29.2 Å². The van der Waals surface area contributed by atoms with Gasteiger partial charge in [-0.05, 0) is 20.3 Å². The zero-order valence-corrected chi connectivity index (χ0v) is 27.6. The van der Waals surface area contributed by atoms with Crippen molar-refractivity contribution < 1.29 is 95.9 Å². The van der Waals surface area contributed by atoms with Crippen molar-refractivity contribution in [3.05, 3.63) is 36.5 Å². The van der Waals surface area contributed by atoms with Crippen LogP contribution in [-0.2, 0) is 38.1 Å². The molecule has 1 N–H and O–H groups in total. The van der Waals surface area contributed by atoms with E-state index in [4.69, 9.17) is 19.3 Å². The maximum Gasteiger partial charge on any atom is 0.384 e. The third-order valence-electron chi connectivity index (χ3n) is 6.67. The van der Waals surface area contributed by atoms with Crippen LogP contribution >= 0.6 is 0 Å². The summed E-state index contributed by atoms with van der Waals surface area (Å²) in [6.07, 6.45) is 0.668. The van der Waals surface area contributed by atoms with Crippen LogP contribution in [0.3, 0.4) is 0 Å². The molecule has 0 aromatic heterocycles. The molecular formula is C30H38F12O9. The normalized spacial score (nSPS) is 13.4. The number of hydrogen-bond donors (Lipinski definition) is 1. The zero-order valence-electron chi connectivity index (χ0n) is 27.6. The van der Waals surface area contributed by atoms with E-state index in [0.29, 0.717) is 6.42 Å². The molecule has 0 aromatic carbocycles. The second-order valence-electron chi connectivity index (χ2n) is 11.5. The number of carbonyl (C=O) groups is 3. The number of hydrogen-bond acceptors (Lipinski definition) is 9. The minimum absolute atomic E-state index is 0.0661. The Bertz CT molecular complexity index is 1220. The Morgan fingerprint density at radius 2 is 0.922 bits per heavy atom. The molecule has 0 aliphatic carbocycles. The molecule has 0 unspecified atom stereocenters. The average Bonchev–Trinajstić information content (AvgIpc) is 3.03. The van der Waals surface area contributed by atoms with E-state index in [-0.39, 0.29) is 24.0 Å². The van der Waals surface area contributed by atoms with E-state index in [1.807, 2.05) is 0 Å². The van der Waals surface area contributed by atoms with Gasteiger partial charge in [0.15, 0.2) is 0 Å². The van der Waals surface area contributed by atoms with E-state index >= 15 is 0 Å². The first-order valence-corrected chi connectivity index (χ1v) is 14.6. The molecule has 0 saturated heterocycles. The maximum atomic E-state index is 14.6. The number of aliphatic hydroxyl groups excluding tert-OH is 1.